The number of nitriles is 1. The lowest BCUT2D eigenvalue weighted by Crippen LogP contribution is -1.91. The third-order valence-electron chi connectivity index (χ3n) is 7.69. The van der Waals surface area contributed by atoms with Crippen LogP contribution in [0.5, 0.6) is 0 Å². The first kappa shape index (κ1) is 24.9. The van der Waals surface area contributed by atoms with E-state index in [0.29, 0.717) is 11.5 Å². The highest BCUT2D eigenvalue weighted by Gasteiger charge is 2.16. The van der Waals surface area contributed by atoms with Gasteiger partial charge in [0.15, 0.2) is 0 Å². The summed E-state index contributed by atoms with van der Waals surface area (Å²) in [5.41, 5.74) is 9.19. The van der Waals surface area contributed by atoms with Crippen LogP contribution in [0.15, 0.2) is 134 Å². The minimum absolute atomic E-state index is 0.398. The van der Waals surface area contributed by atoms with Gasteiger partial charge in [-0.1, -0.05) is 110 Å². The molecule has 42 heavy (non-hydrogen) atoms. The number of rotatable bonds is 4. The number of aromatic nitrogens is 2. The van der Waals surface area contributed by atoms with Crippen LogP contribution in [0.25, 0.3) is 70.9 Å². The van der Waals surface area contributed by atoms with Crippen molar-refractivity contribution in [2.75, 3.05) is 0 Å². The molecule has 0 saturated heterocycles. The van der Waals surface area contributed by atoms with Gasteiger partial charge in [-0.2, -0.15) is 5.26 Å². The van der Waals surface area contributed by atoms with E-state index in [1.807, 2.05) is 12.1 Å². The average Bonchev–Trinajstić information content (AvgIpc) is 3.07. The van der Waals surface area contributed by atoms with Crippen molar-refractivity contribution < 1.29 is 0 Å². The molecule has 0 radical (unpaired) electrons. The highest BCUT2D eigenvalue weighted by Crippen LogP contribution is 2.44. The van der Waals surface area contributed by atoms with Gasteiger partial charge in [0.2, 0.25) is 0 Å². The molecule has 0 spiro atoms. The van der Waals surface area contributed by atoms with E-state index in [0.717, 1.165) is 33.4 Å². The van der Waals surface area contributed by atoms with Crippen LogP contribution in [-0.4, -0.2) is 9.97 Å². The summed E-state index contributed by atoms with van der Waals surface area (Å²) in [7, 11) is 0. The number of hydrogen-bond donors (Lipinski definition) is 0. The number of nitrogens with zero attached hydrogens (tertiary/aromatic N) is 4. The quantitative estimate of drug-likeness (QED) is 0.167. The first-order chi connectivity index (χ1) is 20.7. The van der Waals surface area contributed by atoms with E-state index < -0.39 is 0 Å². The number of pyridine rings is 2. The van der Waals surface area contributed by atoms with Crippen molar-refractivity contribution >= 4 is 27.4 Å². The van der Waals surface area contributed by atoms with Crippen LogP contribution >= 0.6 is 0 Å². The Balaban J connectivity index is 1.36. The molecule has 0 atom stereocenters. The fourth-order valence-electron chi connectivity index (χ4n) is 5.66. The normalized spacial score (nSPS) is 10.8. The van der Waals surface area contributed by atoms with Crippen LogP contribution in [-0.2, 0) is 0 Å². The van der Waals surface area contributed by atoms with Gasteiger partial charge >= 0.3 is 0 Å². The molecule has 5 aromatic carbocycles. The first-order valence-electron chi connectivity index (χ1n) is 13.6. The lowest BCUT2D eigenvalue weighted by Gasteiger charge is -2.18. The van der Waals surface area contributed by atoms with Crippen LogP contribution < -0.4 is 0 Å². The van der Waals surface area contributed by atoms with E-state index >= 15 is 0 Å². The van der Waals surface area contributed by atoms with Crippen molar-refractivity contribution in [3.63, 3.8) is 0 Å². The van der Waals surface area contributed by atoms with Gasteiger partial charge in [-0.05, 0) is 73.1 Å². The molecule has 194 valence electrons. The van der Waals surface area contributed by atoms with Crippen LogP contribution in [0.2, 0.25) is 0 Å². The van der Waals surface area contributed by atoms with Crippen molar-refractivity contribution in [1.29, 1.82) is 5.26 Å². The molecule has 0 aliphatic rings. The van der Waals surface area contributed by atoms with Crippen molar-refractivity contribution in [2.24, 2.45) is 0 Å². The molecular weight excluding hydrogens is 512 g/mol. The Morgan fingerprint density at radius 2 is 0.881 bits per heavy atom. The first-order valence-corrected chi connectivity index (χ1v) is 13.6. The van der Waals surface area contributed by atoms with Gasteiger partial charge in [-0.3, -0.25) is 0 Å². The minimum atomic E-state index is 0.398. The highest BCUT2D eigenvalue weighted by molar-refractivity contribution is 6.21. The number of benzene rings is 5. The fraction of sp³-hybridized carbons (Fsp3) is 0. The van der Waals surface area contributed by atoms with Gasteiger partial charge in [0, 0.05) is 17.3 Å². The van der Waals surface area contributed by atoms with Crippen LogP contribution in [0, 0.1) is 17.9 Å². The molecular formula is C38H22N4. The fourth-order valence-corrected chi connectivity index (χ4v) is 5.66. The van der Waals surface area contributed by atoms with Gasteiger partial charge in [-0.15, -0.1) is 4.98 Å². The summed E-state index contributed by atoms with van der Waals surface area (Å²) < 4.78 is 0. The maximum absolute atomic E-state index is 9.08. The Morgan fingerprint density at radius 1 is 0.476 bits per heavy atom. The SMILES string of the molecule is [C-]#[N+]c1ccc(-c2ccc(-c3c4ccccc4c(-c4ccc(-c5ccc(C#N)nc5)cc4)c4ccccc34)cc2)cn1. The maximum Gasteiger partial charge on any atom is 0.269 e. The standard InChI is InChI=1S/C38H22N4/c1-40-36-21-19-30(24-42-36)26-12-16-28(17-13-26)38-34-8-4-2-6-32(34)37(33-7-3-5-9-35(33)38)27-14-10-25(11-15-27)29-18-20-31(22-39)41-23-29/h2-21,23-24H. The largest absolute Gasteiger partial charge is 0.361 e. The predicted molar refractivity (Wildman–Crippen MR) is 170 cm³/mol. The van der Waals surface area contributed by atoms with Gasteiger partial charge in [0.05, 0.1) is 0 Å². The Bertz CT molecular complexity index is 1950. The Hall–Kier alpha value is -6.10. The van der Waals surface area contributed by atoms with Crippen molar-refractivity contribution in [3.05, 3.63) is 151 Å². The van der Waals surface area contributed by atoms with E-state index in [4.69, 9.17) is 11.8 Å². The Kier molecular flexibility index (Phi) is 6.21. The van der Waals surface area contributed by atoms with E-state index in [9.17, 15) is 0 Å². The van der Waals surface area contributed by atoms with Crippen LogP contribution in [0.3, 0.4) is 0 Å². The summed E-state index contributed by atoms with van der Waals surface area (Å²) in [4.78, 5) is 11.9. The molecule has 7 rings (SSSR count). The summed E-state index contributed by atoms with van der Waals surface area (Å²) in [6.45, 7) is 7.15. The summed E-state index contributed by atoms with van der Waals surface area (Å²) >= 11 is 0. The molecule has 0 amide bonds. The second-order valence-corrected chi connectivity index (χ2v) is 10.1. The molecule has 2 aromatic heterocycles. The third kappa shape index (κ3) is 4.34. The molecule has 0 aliphatic heterocycles. The third-order valence-corrected chi connectivity index (χ3v) is 7.69. The van der Waals surface area contributed by atoms with Gasteiger partial charge in [0.1, 0.15) is 18.0 Å². The van der Waals surface area contributed by atoms with Crippen molar-refractivity contribution in [2.45, 2.75) is 0 Å². The van der Waals surface area contributed by atoms with Gasteiger partial charge in [-0.25, -0.2) is 4.98 Å². The maximum atomic E-state index is 9.08. The summed E-state index contributed by atoms with van der Waals surface area (Å²) in [6, 6.07) is 43.9. The van der Waals surface area contributed by atoms with Crippen LogP contribution in [0.4, 0.5) is 5.82 Å². The summed E-state index contributed by atoms with van der Waals surface area (Å²) in [5, 5.41) is 13.9. The van der Waals surface area contributed by atoms with E-state index in [1.165, 1.54) is 32.7 Å². The zero-order valence-electron chi connectivity index (χ0n) is 22.5. The Labute approximate surface area is 243 Å². The lowest BCUT2D eigenvalue weighted by molar-refractivity contribution is 1.26. The average molecular weight is 535 g/mol. The number of fused-ring (bicyclic) bond motifs is 2. The smallest absolute Gasteiger partial charge is 0.269 e. The molecule has 2 heterocycles. The number of hydrogen-bond acceptors (Lipinski definition) is 3. The molecule has 0 saturated carbocycles. The van der Waals surface area contributed by atoms with Crippen molar-refractivity contribution in [1.82, 2.24) is 9.97 Å². The lowest BCUT2D eigenvalue weighted by atomic mass is 9.85. The van der Waals surface area contributed by atoms with Crippen molar-refractivity contribution in [3.8, 4) is 50.6 Å². The second-order valence-electron chi connectivity index (χ2n) is 10.1. The van der Waals surface area contributed by atoms with Gasteiger partial charge < -0.3 is 4.85 Å². The molecule has 0 unspecified atom stereocenters. The topological polar surface area (TPSA) is 53.9 Å². The molecule has 0 bridgehead atoms. The predicted octanol–water partition coefficient (Wildman–Crippen LogP) is 9.87. The second kappa shape index (κ2) is 10.5. The molecule has 0 aliphatic carbocycles. The molecule has 7 aromatic rings. The Morgan fingerprint density at radius 3 is 1.24 bits per heavy atom. The zero-order chi connectivity index (χ0) is 28.5. The summed E-state index contributed by atoms with van der Waals surface area (Å²) in [5.74, 6) is 0.398. The summed E-state index contributed by atoms with van der Waals surface area (Å²) in [6.07, 6.45) is 3.50. The van der Waals surface area contributed by atoms with E-state index in [-0.39, 0.29) is 0 Å². The van der Waals surface area contributed by atoms with Crippen LogP contribution in [0.1, 0.15) is 5.69 Å². The monoisotopic (exact) mass is 534 g/mol. The molecule has 0 fully saturated rings. The van der Waals surface area contributed by atoms with Gasteiger partial charge in [0.25, 0.3) is 5.82 Å². The highest BCUT2D eigenvalue weighted by atomic mass is 14.8. The van der Waals surface area contributed by atoms with E-state index in [2.05, 4.69) is 118 Å². The zero-order valence-corrected chi connectivity index (χ0v) is 22.5. The molecule has 0 N–H and O–H groups in total. The van der Waals surface area contributed by atoms with E-state index in [1.54, 1.807) is 24.5 Å². The minimum Gasteiger partial charge on any atom is -0.361 e. The molecule has 4 nitrogen and oxygen atoms in total. The molecule has 4 heteroatoms.